The van der Waals surface area contributed by atoms with Gasteiger partial charge >= 0.3 is 0 Å². The maximum atomic E-state index is 4.20. The first-order valence-electron chi connectivity index (χ1n) is 3.98. The highest BCUT2D eigenvalue weighted by Crippen LogP contribution is 2.05. The zero-order valence-electron chi connectivity index (χ0n) is 7.39. The van der Waals surface area contributed by atoms with Gasteiger partial charge in [-0.2, -0.15) is 0 Å². The van der Waals surface area contributed by atoms with Crippen molar-refractivity contribution in [1.82, 2.24) is 9.55 Å². The number of rotatable bonds is 3. The molecule has 1 rings (SSSR count). The number of anilines is 1. The molecule has 3 nitrogen and oxygen atoms in total. The van der Waals surface area contributed by atoms with E-state index in [2.05, 4.69) is 21.8 Å². The van der Waals surface area contributed by atoms with Gasteiger partial charge in [-0.15, -0.1) is 0 Å². The van der Waals surface area contributed by atoms with E-state index < -0.39 is 0 Å². The quantitative estimate of drug-likeness (QED) is 0.714. The van der Waals surface area contributed by atoms with Gasteiger partial charge < -0.3 is 9.88 Å². The highest BCUT2D eigenvalue weighted by atomic mass is 15.2. The van der Waals surface area contributed by atoms with Crippen LogP contribution in [0.15, 0.2) is 6.20 Å². The molecule has 3 heteroatoms. The summed E-state index contributed by atoms with van der Waals surface area (Å²) in [4.78, 5) is 4.20. The van der Waals surface area contributed by atoms with Crippen molar-refractivity contribution < 1.29 is 0 Å². The molecule has 62 valence electrons. The number of nitrogens with one attached hydrogen (secondary N) is 1. The largest absolute Gasteiger partial charge is 0.356 e. The van der Waals surface area contributed by atoms with Crippen LogP contribution in [0, 0.1) is 6.92 Å². The summed E-state index contributed by atoms with van der Waals surface area (Å²) in [6.07, 6.45) is 3.00. The van der Waals surface area contributed by atoms with E-state index in [0.29, 0.717) is 0 Å². The van der Waals surface area contributed by atoms with Crippen LogP contribution < -0.4 is 5.32 Å². The summed E-state index contributed by atoms with van der Waals surface area (Å²) in [5, 5.41) is 3.24. The first-order valence-corrected chi connectivity index (χ1v) is 3.98. The molecule has 0 spiro atoms. The fourth-order valence-electron chi connectivity index (χ4n) is 0.896. The van der Waals surface area contributed by atoms with Crippen molar-refractivity contribution in [2.24, 2.45) is 7.05 Å². The molecule has 0 radical (unpaired) electrons. The molecule has 0 aromatic carbocycles. The lowest BCUT2D eigenvalue weighted by atomic mass is 10.5. The molecule has 0 bridgehead atoms. The Morgan fingerprint density at radius 3 is 2.82 bits per heavy atom. The average molecular weight is 153 g/mol. The summed E-state index contributed by atoms with van der Waals surface area (Å²) < 4.78 is 2.05. The molecule has 0 saturated heterocycles. The van der Waals surface area contributed by atoms with Crippen molar-refractivity contribution in [1.29, 1.82) is 0 Å². The summed E-state index contributed by atoms with van der Waals surface area (Å²) in [5.74, 6) is 0.962. The molecule has 0 unspecified atom stereocenters. The van der Waals surface area contributed by atoms with Crippen LogP contribution in [-0.2, 0) is 7.05 Å². The molecule has 0 fully saturated rings. The van der Waals surface area contributed by atoms with E-state index in [1.165, 1.54) is 5.69 Å². The van der Waals surface area contributed by atoms with E-state index in [-0.39, 0.29) is 0 Å². The maximum absolute atomic E-state index is 4.20. The van der Waals surface area contributed by atoms with Gasteiger partial charge in [0.2, 0.25) is 5.95 Å². The van der Waals surface area contributed by atoms with Crippen molar-refractivity contribution >= 4 is 5.95 Å². The van der Waals surface area contributed by atoms with Gasteiger partial charge in [0.15, 0.2) is 0 Å². The standard InChI is InChI=1S/C8H15N3/c1-4-5-9-8-10-6-7(2)11(8)3/h6H,4-5H2,1-3H3,(H,9,10). The number of hydrogen-bond donors (Lipinski definition) is 1. The third kappa shape index (κ3) is 1.73. The Kier molecular flexibility index (Phi) is 2.52. The summed E-state index contributed by atoms with van der Waals surface area (Å²) in [6, 6.07) is 0. The fraction of sp³-hybridized carbons (Fsp3) is 0.625. The molecule has 0 aliphatic carbocycles. The fourth-order valence-corrected chi connectivity index (χ4v) is 0.896. The van der Waals surface area contributed by atoms with E-state index in [4.69, 9.17) is 0 Å². The minimum atomic E-state index is 0.962. The van der Waals surface area contributed by atoms with Crippen LogP contribution in [0.4, 0.5) is 5.95 Å². The molecule has 11 heavy (non-hydrogen) atoms. The second-order valence-corrected chi connectivity index (χ2v) is 2.71. The van der Waals surface area contributed by atoms with Crippen molar-refractivity contribution in [3.63, 3.8) is 0 Å². The van der Waals surface area contributed by atoms with Crippen molar-refractivity contribution in [3.05, 3.63) is 11.9 Å². The van der Waals surface area contributed by atoms with E-state index in [9.17, 15) is 0 Å². The zero-order chi connectivity index (χ0) is 8.27. The summed E-state index contributed by atoms with van der Waals surface area (Å²) in [6.45, 7) is 5.18. The van der Waals surface area contributed by atoms with Gasteiger partial charge in [-0.05, 0) is 13.3 Å². The lowest BCUT2D eigenvalue weighted by Crippen LogP contribution is -2.06. The predicted octanol–water partition coefficient (Wildman–Crippen LogP) is 1.55. The van der Waals surface area contributed by atoms with E-state index in [0.717, 1.165) is 18.9 Å². The van der Waals surface area contributed by atoms with Crippen LogP contribution >= 0.6 is 0 Å². The zero-order valence-corrected chi connectivity index (χ0v) is 7.39. The Hall–Kier alpha value is -0.990. The highest BCUT2D eigenvalue weighted by Gasteiger charge is 1.99. The number of aryl methyl sites for hydroxylation is 1. The van der Waals surface area contributed by atoms with Crippen LogP contribution in [0.2, 0.25) is 0 Å². The molecule has 0 atom stereocenters. The van der Waals surface area contributed by atoms with Gasteiger partial charge in [0.25, 0.3) is 0 Å². The van der Waals surface area contributed by atoms with Crippen LogP contribution in [0.3, 0.4) is 0 Å². The van der Waals surface area contributed by atoms with Gasteiger partial charge in [0.1, 0.15) is 0 Å². The topological polar surface area (TPSA) is 29.9 Å². The SMILES string of the molecule is CCCNc1ncc(C)n1C. The van der Waals surface area contributed by atoms with Crippen molar-refractivity contribution in [3.8, 4) is 0 Å². The number of nitrogens with zero attached hydrogens (tertiary/aromatic N) is 2. The summed E-state index contributed by atoms with van der Waals surface area (Å²) >= 11 is 0. The molecular weight excluding hydrogens is 138 g/mol. The van der Waals surface area contributed by atoms with E-state index in [1.54, 1.807) is 0 Å². The van der Waals surface area contributed by atoms with Gasteiger partial charge in [-0.1, -0.05) is 6.92 Å². The van der Waals surface area contributed by atoms with Crippen molar-refractivity contribution in [2.45, 2.75) is 20.3 Å². The van der Waals surface area contributed by atoms with Crippen LogP contribution in [0.5, 0.6) is 0 Å². The molecule has 1 heterocycles. The molecule has 0 amide bonds. The number of imidazole rings is 1. The Morgan fingerprint density at radius 1 is 1.64 bits per heavy atom. The Balaban J connectivity index is 2.63. The molecule has 1 N–H and O–H groups in total. The molecule has 1 aromatic rings. The Bertz CT molecular complexity index is 227. The number of hydrogen-bond acceptors (Lipinski definition) is 2. The molecule has 1 aromatic heterocycles. The van der Waals surface area contributed by atoms with Crippen LogP contribution in [-0.4, -0.2) is 16.1 Å². The lowest BCUT2D eigenvalue weighted by molar-refractivity contribution is 0.855. The summed E-state index contributed by atoms with van der Waals surface area (Å²) in [7, 11) is 2.01. The third-order valence-electron chi connectivity index (χ3n) is 1.75. The normalized spacial score (nSPS) is 10.1. The van der Waals surface area contributed by atoms with Crippen LogP contribution in [0.1, 0.15) is 19.0 Å². The lowest BCUT2D eigenvalue weighted by Gasteiger charge is -2.04. The first-order chi connectivity index (χ1) is 5.25. The third-order valence-corrected chi connectivity index (χ3v) is 1.75. The second-order valence-electron chi connectivity index (χ2n) is 2.71. The molecule has 0 saturated carbocycles. The molecular formula is C8H15N3. The highest BCUT2D eigenvalue weighted by molar-refractivity contribution is 5.28. The molecule has 0 aliphatic heterocycles. The number of aromatic nitrogens is 2. The monoisotopic (exact) mass is 153 g/mol. The Morgan fingerprint density at radius 2 is 2.36 bits per heavy atom. The minimum absolute atomic E-state index is 0.962. The van der Waals surface area contributed by atoms with E-state index in [1.807, 2.05) is 20.2 Å². The first kappa shape index (κ1) is 8.11. The van der Waals surface area contributed by atoms with Gasteiger partial charge in [-0.25, -0.2) is 4.98 Å². The second kappa shape index (κ2) is 3.42. The minimum Gasteiger partial charge on any atom is -0.356 e. The summed E-state index contributed by atoms with van der Waals surface area (Å²) in [5.41, 5.74) is 1.18. The van der Waals surface area contributed by atoms with Crippen LogP contribution in [0.25, 0.3) is 0 Å². The van der Waals surface area contributed by atoms with E-state index >= 15 is 0 Å². The van der Waals surface area contributed by atoms with Gasteiger partial charge in [0.05, 0.1) is 6.20 Å². The maximum Gasteiger partial charge on any atom is 0.202 e. The smallest absolute Gasteiger partial charge is 0.202 e. The molecule has 0 aliphatic rings. The average Bonchev–Trinajstić information content (AvgIpc) is 2.31. The predicted molar refractivity (Wildman–Crippen MR) is 46.7 cm³/mol. The van der Waals surface area contributed by atoms with Crippen molar-refractivity contribution in [2.75, 3.05) is 11.9 Å². The van der Waals surface area contributed by atoms with Gasteiger partial charge in [0, 0.05) is 19.3 Å². The Labute approximate surface area is 67.4 Å². The van der Waals surface area contributed by atoms with Gasteiger partial charge in [-0.3, -0.25) is 0 Å².